The molecule has 0 spiro atoms. The zero-order chi connectivity index (χ0) is 19.7. The Hall–Kier alpha value is -3.08. The first-order chi connectivity index (χ1) is 13.5. The SMILES string of the molecule is Cc1cc(C#N)ccc1-c1nccc2cc(S(=O)(=O)Cc3nccs3)ccc12. The fraction of sp³-hybridized carbons (Fsp3) is 0.0952. The monoisotopic (exact) mass is 405 g/mol. The van der Waals surface area contributed by atoms with E-state index < -0.39 is 9.84 Å². The van der Waals surface area contributed by atoms with Crippen molar-refractivity contribution in [2.75, 3.05) is 0 Å². The van der Waals surface area contributed by atoms with E-state index in [2.05, 4.69) is 16.0 Å². The highest BCUT2D eigenvalue weighted by Crippen LogP contribution is 2.31. The van der Waals surface area contributed by atoms with Gasteiger partial charge in [0.1, 0.15) is 10.8 Å². The van der Waals surface area contributed by atoms with Gasteiger partial charge in [-0.1, -0.05) is 12.1 Å². The van der Waals surface area contributed by atoms with Crippen molar-refractivity contribution in [3.05, 3.63) is 76.4 Å². The molecule has 0 atom stereocenters. The summed E-state index contributed by atoms with van der Waals surface area (Å²) in [6.45, 7) is 1.93. The Labute approximate surface area is 166 Å². The molecule has 0 saturated carbocycles. The van der Waals surface area contributed by atoms with Crippen LogP contribution in [-0.2, 0) is 15.6 Å². The number of fused-ring (bicyclic) bond motifs is 1. The van der Waals surface area contributed by atoms with Crippen molar-refractivity contribution in [3.8, 4) is 17.3 Å². The van der Waals surface area contributed by atoms with Gasteiger partial charge >= 0.3 is 0 Å². The quantitative estimate of drug-likeness (QED) is 0.499. The molecule has 0 amide bonds. The highest BCUT2D eigenvalue weighted by molar-refractivity contribution is 7.90. The maximum atomic E-state index is 12.7. The summed E-state index contributed by atoms with van der Waals surface area (Å²) in [5.41, 5.74) is 3.22. The Bertz CT molecular complexity index is 1320. The molecule has 0 aliphatic carbocycles. The van der Waals surface area contributed by atoms with E-state index >= 15 is 0 Å². The maximum Gasteiger partial charge on any atom is 0.184 e. The lowest BCUT2D eigenvalue weighted by molar-refractivity contribution is 0.595. The van der Waals surface area contributed by atoms with Crippen LogP contribution in [0.4, 0.5) is 0 Å². The lowest BCUT2D eigenvalue weighted by Crippen LogP contribution is -2.04. The first-order valence-electron chi connectivity index (χ1n) is 8.49. The molecule has 0 bridgehead atoms. The standard InChI is InChI=1S/C21H15N3O2S2/c1-14-10-15(12-22)2-4-18(14)21-19-5-3-17(11-16(19)6-7-24-21)28(25,26)13-20-23-8-9-27-20/h2-11H,13H2,1H3. The van der Waals surface area contributed by atoms with Gasteiger partial charge in [0, 0.05) is 28.7 Å². The van der Waals surface area contributed by atoms with E-state index in [0.717, 1.165) is 27.6 Å². The van der Waals surface area contributed by atoms with Gasteiger partial charge in [-0.3, -0.25) is 4.98 Å². The van der Waals surface area contributed by atoms with Crippen LogP contribution in [-0.4, -0.2) is 18.4 Å². The van der Waals surface area contributed by atoms with Crippen molar-refractivity contribution in [2.24, 2.45) is 0 Å². The summed E-state index contributed by atoms with van der Waals surface area (Å²) in [6.07, 6.45) is 3.28. The van der Waals surface area contributed by atoms with Crippen LogP contribution in [0.1, 0.15) is 16.1 Å². The average Bonchev–Trinajstić information content (AvgIpc) is 3.19. The number of aryl methyl sites for hydroxylation is 1. The van der Waals surface area contributed by atoms with Crippen LogP contribution >= 0.6 is 11.3 Å². The number of pyridine rings is 1. The molecule has 2 aromatic heterocycles. The van der Waals surface area contributed by atoms with Gasteiger partial charge in [0.2, 0.25) is 0 Å². The van der Waals surface area contributed by atoms with E-state index in [-0.39, 0.29) is 10.6 Å². The third-order valence-corrected chi connectivity index (χ3v) is 7.09. The Morgan fingerprint density at radius 2 is 1.93 bits per heavy atom. The predicted octanol–water partition coefficient (Wildman–Crippen LogP) is 4.51. The van der Waals surface area contributed by atoms with Gasteiger partial charge in [-0.25, -0.2) is 13.4 Å². The molecule has 7 heteroatoms. The topological polar surface area (TPSA) is 83.7 Å². The molecule has 0 N–H and O–H groups in total. The van der Waals surface area contributed by atoms with Crippen molar-refractivity contribution in [2.45, 2.75) is 17.6 Å². The lowest BCUT2D eigenvalue weighted by atomic mass is 9.98. The van der Waals surface area contributed by atoms with E-state index in [1.165, 1.54) is 11.3 Å². The van der Waals surface area contributed by atoms with Crippen molar-refractivity contribution < 1.29 is 8.42 Å². The second-order valence-electron chi connectivity index (χ2n) is 6.37. The Balaban J connectivity index is 1.80. The number of sulfone groups is 1. The molecule has 0 aliphatic heterocycles. The van der Waals surface area contributed by atoms with Crippen LogP contribution in [0.25, 0.3) is 22.0 Å². The number of aromatic nitrogens is 2. The van der Waals surface area contributed by atoms with E-state index in [9.17, 15) is 8.42 Å². The fourth-order valence-corrected chi connectivity index (χ4v) is 5.42. The van der Waals surface area contributed by atoms with Crippen LogP contribution in [0.15, 0.2) is 65.1 Å². The second-order valence-corrected chi connectivity index (χ2v) is 9.34. The molecule has 28 heavy (non-hydrogen) atoms. The van der Waals surface area contributed by atoms with Crippen molar-refractivity contribution >= 4 is 31.9 Å². The molecular formula is C21H15N3O2S2. The molecule has 4 rings (SSSR count). The van der Waals surface area contributed by atoms with E-state index in [1.54, 1.807) is 48.1 Å². The van der Waals surface area contributed by atoms with Crippen LogP contribution in [0.5, 0.6) is 0 Å². The number of nitriles is 1. The number of rotatable bonds is 4. The highest BCUT2D eigenvalue weighted by atomic mass is 32.2. The van der Waals surface area contributed by atoms with Crippen molar-refractivity contribution in [1.82, 2.24) is 9.97 Å². The van der Waals surface area contributed by atoms with Gasteiger partial charge in [-0.05, 0) is 48.2 Å². The van der Waals surface area contributed by atoms with Crippen LogP contribution in [0, 0.1) is 18.3 Å². The fourth-order valence-electron chi connectivity index (χ4n) is 3.13. The van der Waals surface area contributed by atoms with Crippen LogP contribution in [0.2, 0.25) is 0 Å². The first-order valence-corrected chi connectivity index (χ1v) is 11.0. The van der Waals surface area contributed by atoms with Crippen molar-refractivity contribution in [3.63, 3.8) is 0 Å². The van der Waals surface area contributed by atoms with Gasteiger partial charge in [0.25, 0.3) is 0 Å². The number of hydrogen-bond donors (Lipinski definition) is 0. The summed E-state index contributed by atoms with van der Waals surface area (Å²) in [6, 6.07) is 14.5. The maximum absolute atomic E-state index is 12.7. The van der Waals surface area contributed by atoms with Gasteiger partial charge in [-0.2, -0.15) is 5.26 Å². The molecule has 0 unspecified atom stereocenters. The molecule has 138 valence electrons. The zero-order valence-corrected chi connectivity index (χ0v) is 16.6. The summed E-state index contributed by atoms with van der Waals surface area (Å²) in [7, 11) is -3.48. The minimum Gasteiger partial charge on any atom is -0.256 e. The molecule has 4 aromatic rings. The summed E-state index contributed by atoms with van der Waals surface area (Å²) < 4.78 is 25.5. The van der Waals surface area contributed by atoms with E-state index in [4.69, 9.17) is 5.26 Å². The molecule has 0 saturated heterocycles. The largest absolute Gasteiger partial charge is 0.256 e. The predicted molar refractivity (Wildman–Crippen MR) is 110 cm³/mol. The number of thiazole rings is 1. The molecule has 0 fully saturated rings. The number of hydrogen-bond acceptors (Lipinski definition) is 6. The van der Waals surface area contributed by atoms with Gasteiger partial charge < -0.3 is 0 Å². The Kier molecular flexibility index (Phi) is 4.67. The Morgan fingerprint density at radius 3 is 2.64 bits per heavy atom. The van der Waals surface area contributed by atoms with Gasteiger partial charge in [0.15, 0.2) is 9.84 Å². The molecular weight excluding hydrogens is 390 g/mol. The zero-order valence-electron chi connectivity index (χ0n) is 15.0. The smallest absolute Gasteiger partial charge is 0.184 e. The molecule has 2 aromatic carbocycles. The van der Waals surface area contributed by atoms with Crippen LogP contribution < -0.4 is 0 Å². The normalized spacial score (nSPS) is 11.4. The number of nitrogens with zero attached hydrogens (tertiary/aromatic N) is 3. The molecule has 0 radical (unpaired) electrons. The summed E-state index contributed by atoms with van der Waals surface area (Å²) in [4.78, 5) is 8.85. The van der Waals surface area contributed by atoms with Crippen molar-refractivity contribution in [1.29, 1.82) is 5.26 Å². The lowest BCUT2D eigenvalue weighted by Gasteiger charge is -2.10. The summed E-state index contributed by atoms with van der Waals surface area (Å²) >= 11 is 1.33. The molecule has 0 aliphatic rings. The second kappa shape index (κ2) is 7.15. The summed E-state index contributed by atoms with van der Waals surface area (Å²) in [5.74, 6) is -0.108. The molecule has 5 nitrogen and oxygen atoms in total. The van der Waals surface area contributed by atoms with E-state index in [1.807, 2.05) is 19.1 Å². The Morgan fingerprint density at radius 1 is 1.07 bits per heavy atom. The number of benzene rings is 2. The van der Waals surface area contributed by atoms with Crippen LogP contribution in [0.3, 0.4) is 0 Å². The minimum atomic E-state index is -3.48. The minimum absolute atomic E-state index is 0.108. The van der Waals surface area contributed by atoms with Gasteiger partial charge in [0.05, 0.1) is 22.2 Å². The summed E-state index contributed by atoms with van der Waals surface area (Å²) in [5, 5.41) is 13.1. The molecule has 2 heterocycles. The third-order valence-electron chi connectivity index (χ3n) is 4.50. The third kappa shape index (κ3) is 3.40. The van der Waals surface area contributed by atoms with E-state index in [0.29, 0.717) is 10.6 Å². The van der Waals surface area contributed by atoms with Gasteiger partial charge in [-0.15, -0.1) is 11.3 Å². The first kappa shape index (κ1) is 18.3. The highest BCUT2D eigenvalue weighted by Gasteiger charge is 2.18. The average molecular weight is 406 g/mol.